The van der Waals surface area contributed by atoms with Crippen LogP contribution < -0.4 is 5.73 Å². The molecule has 3 nitrogen and oxygen atoms in total. The molecule has 0 heterocycles. The number of carbonyl (C=O) groups is 1. The Morgan fingerprint density at radius 1 is 1.43 bits per heavy atom. The molecule has 0 unspecified atom stereocenters. The van der Waals surface area contributed by atoms with Crippen LogP contribution in [0.25, 0.3) is 0 Å². The SMILES string of the molecule is CSC(N)=NC(=O)CC1CCCCC1. The summed E-state index contributed by atoms with van der Waals surface area (Å²) in [6.45, 7) is 0. The van der Waals surface area contributed by atoms with Gasteiger partial charge >= 0.3 is 0 Å². The van der Waals surface area contributed by atoms with E-state index in [0.29, 0.717) is 17.5 Å². The third-order valence-corrected chi connectivity index (χ3v) is 3.14. The number of nitrogens with zero attached hydrogens (tertiary/aromatic N) is 1. The van der Waals surface area contributed by atoms with Gasteiger partial charge in [0.15, 0.2) is 5.17 Å². The Balaban J connectivity index is 2.32. The summed E-state index contributed by atoms with van der Waals surface area (Å²) >= 11 is 1.32. The second-order valence-electron chi connectivity index (χ2n) is 3.76. The molecule has 0 radical (unpaired) electrons. The zero-order valence-corrected chi connectivity index (χ0v) is 9.48. The summed E-state index contributed by atoms with van der Waals surface area (Å²) in [5, 5.41) is 0.380. The van der Waals surface area contributed by atoms with Crippen molar-refractivity contribution < 1.29 is 4.79 Å². The summed E-state index contributed by atoms with van der Waals surface area (Å²) in [7, 11) is 0. The highest BCUT2D eigenvalue weighted by Crippen LogP contribution is 2.26. The van der Waals surface area contributed by atoms with Crippen LogP contribution in [-0.4, -0.2) is 17.3 Å². The van der Waals surface area contributed by atoms with Crippen molar-refractivity contribution in [1.29, 1.82) is 0 Å². The molecule has 14 heavy (non-hydrogen) atoms. The molecule has 1 aliphatic carbocycles. The van der Waals surface area contributed by atoms with E-state index in [4.69, 9.17) is 5.73 Å². The molecular weight excluding hydrogens is 196 g/mol. The van der Waals surface area contributed by atoms with Gasteiger partial charge in [-0.25, -0.2) is 0 Å². The second-order valence-corrected chi connectivity index (χ2v) is 4.58. The molecule has 1 fully saturated rings. The molecule has 1 amide bonds. The first-order valence-electron chi connectivity index (χ1n) is 5.13. The van der Waals surface area contributed by atoms with Gasteiger partial charge in [-0.3, -0.25) is 4.79 Å². The van der Waals surface area contributed by atoms with E-state index in [1.807, 2.05) is 6.26 Å². The lowest BCUT2D eigenvalue weighted by Gasteiger charge is -2.19. The topological polar surface area (TPSA) is 55.4 Å². The lowest BCUT2D eigenvalue weighted by atomic mass is 9.87. The van der Waals surface area contributed by atoms with Crippen LogP contribution in [0.15, 0.2) is 4.99 Å². The Morgan fingerprint density at radius 3 is 2.64 bits per heavy atom. The molecule has 1 rings (SSSR count). The van der Waals surface area contributed by atoms with E-state index in [0.717, 1.165) is 0 Å². The largest absolute Gasteiger partial charge is 0.378 e. The Labute approximate surface area is 89.5 Å². The first-order valence-corrected chi connectivity index (χ1v) is 6.36. The number of amides is 1. The van der Waals surface area contributed by atoms with Crippen LogP contribution >= 0.6 is 11.8 Å². The lowest BCUT2D eigenvalue weighted by molar-refractivity contribution is -0.118. The number of rotatable bonds is 2. The highest BCUT2D eigenvalue weighted by Gasteiger charge is 2.16. The Bertz CT molecular complexity index is 222. The van der Waals surface area contributed by atoms with Gasteiger partial charge in [-0.05, 0) is 25.0 Å². The van der Waals surface area contributed by atoms with E-state index in [-0.39, 0.29) is 5.91 Å². The third-order valence-electron chi connectivity index (χ3n) is 2.63. The van der Waals surface area contributed by atoms with Gasteiger partial charge in [0, 0.05) is 6.42 Å². The van der Waals surface area contributed by atoms with E-state index in [1.54, 1.807) is 0 Å². The van der Waals surface area contributed by atoms with E-state index >= 15 is 0 Å². The number of amidine groups is 1. The summed E-state index contributed by atoms with van der Waals surface area (Å²) in [6, 6.07) is 0. The fourth-order valence-electron chi connectivity index (χ4n) is 1.85. The van der Waals surface area contributed by atoms with Gasteiger partial charge in [-0.2, -0.15) is 4.99 Å². The van der Waals surface area contributed by atoms with Crippen molar-refractivity contribution in [2.45, 2.75) is 38.5 Å². The first-order chi connectivity index (χ1) is 6.72. The third kappa shape index (κ3) is 4.13. The van der Waals surface area contributed by atoms with Gasteiger partial charge in [-0.1, -0.05) is 31.0 Å². The minimum absolute atomic E-state index is 0.0521. The van der Waals surface area contributed by atoms with Gasteiger partial charge < -0.3 is 5.73 Å². The van der Waals surface area contributed by atoms with Crippen LogP contribution in [0.4, 0.5) is 0 Å². The zero-order valence-electron chi connectivity index (χ0n) is 8.66. The highest BCUT2D eigenvalue weighted by molar-refractivity contribution is 8.13. The van der Waals surface area contributed by atoms with Gasteiger partial charge in [0.1, 0.15) is 0 Å². The Morgan fingerprint density at radius 2 is 2.07 bits per heavy atom. The van der Waals surface area contributed by atoms with E-state index in [2.05, 4.69) is 4.99 Å². The Hall–Kier alpha value is -0.510. The van der Waals surface area contributed by atoms with E-state index < -0.39 is 0 Å². The van der Waals surface area contributed by atoms with Crippen molar-refractivity contribution in [3.63, 3.8) is 0 Å². The standard InChI is InChI=1S/C10H18N2OS/c1-14-10(11)12-9(13)7-8-5-3-2-4-6-8/h8H,2-7H2,1H3,(H2,11,12,13). The molecule has 0 bridgehead atoms. The molecule has 0 aromatic heterocycles. The minimum atomic E-state index is -0.0521. The van der Waals surface area contributed by atoms with Crippen LogP contribution in [0.5, 0.6) is 0 Å². The van der Waals surface area contributed by atoms with Crippen LogP contribution in [-0.2, 0) is 4.79 Å². The molecule has 0 atom stereocenters. The smallest absolute Gasteiger partial charge is 0.248 e. The van der Waals surface area contributed by atoms with E-state index in [1.165, 1.54) is 43.9 Å². The quantitative estimate of drug-likeness (QED) is 0.566. The number of aliphatic imine (C=N–C) groups is 1. The normalized spacial score (nSPS) is 19.6. The molecule has 0 aliphatic heterocycles. The predicted octanol–water partition coefficient (Wildman–Crippen LogP) is 2.16. The summed E-state index contributed by atoms with van der Waals surface area (Å²) in [6.07, 6.45) is 8.62. The van der Waals surface area contributed by atoms with Crippen molar-refractivity contribution in [1.82, 2.24) is 0 Å². The average Bonchev–Trinajstić information content (AvgIpc) is 2.19. The molecule has 4 heteroatoms. The molecule has 0 aromatic carbocycles. The number of nitrogens with two attached hydrogens (primary N) is 1. The minimum Gasteiger partial charge on any atom is -0.378 e. The molecular formula is C10H18N2OS. The lowest BCUT2D eigenvalue weighted by Crippen LogP contribution is -2.14. The van der Waals surface area contributed by atoms with Crippen molar-refractivity contribution in [2.24, 2.45) is 16.6 Å². The van der Waals surface area contributed by atoms with Crippen molar-refractivity contribution in [3.05, 3.63) is 0 Å². The summed E-state index contributed by atoms with van der Waals surface area (Å²) in [5.41, 5.74) is 5.47. The van der Waals surface area contributed by atoms with Crippen molar-refractivity contribution in [3.8, 4) is 0 Å². The number of hydrogen-bond donors (Lipinski definition) is 1. The van der Waals surface area contributed by atoms with Crippen LogP contribution in [0.2, 0.25) is 0 Å². The maximum atomic E-state index is 11.4. The van der Waals surface area contributed by atoms with Crippen molar-refractivity contribution in [2.75, 3.05) is 6.26 Å². The average molecular weight is 214 g/mol. The predicted molar refractivity (Wildman–Crippen MR) is 61.3 cm³/mol. The zero-order chi connectivity index (χ0) is 10.4. The summed E-state index contributed by atoms with van der Waals surface area (Å²) in [5.74, 6) is 0.499. The fourth-order valence-corrected chi connectivity index (χ4v) is 2.05. The molecule has 80 valence electrons. The number of thioether (sulfide) groups is 1. The molecule has 0 aromatic rings. The Kier molecular flexibility index (Phi) is 5.01. The van der Waals surface area contributed by atoms with Crippen LogP contribution in [0, 0.1) is 5.92 Å². The first kappa shape index (κ1) is 11.6. The maximum absolute atomic E-state index is 11.4. The van der Waals surface area contributed by atoms with Crippen LogP contribution in [0.3, 0.4) is 0 Å². The van der Waals surface area contributed by atoms with Gasteiger partial charge in [0.25, 0.3) is 0 Å². The molecule has 1 saturated carbocycles. The van der Waals surface area contributed by atoms with Gasteiger partial charge in [0.2, 0.25) is 5.91 Å². The molecule has 1 aliphatic rings. The van der Waals surface area contributed by atoms with Crippen LogP contribution in [0.1, 0.15) is 38.5 Å². The summed E-state index contributed by atoms with van der Waals surface area (Å²) < 4.78 is 0. The number of carbonyl (C=O) groups excluding carboxylic acids is 1. The van der Waals surface area contributed by atoms with E-state index in [9.17, 15) is 4.79 Å². The molecule has 0 spiro atoms. The van der Waals surface area contributed by atoms with Gasteiger partial charge in [0.05, 0.1) is 0 Å². The maximum Gasteiger partial charge on any atom is 0.248 e. The number of hydrogen-bond acceptors (Lipinski definition) is 2. The molecule has 2 N–H and O–H groups in total. The molecule has 0 saturated heterocycles. The summed E-state index contributed by atoms with van der Waals surface area (Å²) in [4.78, 5) is 15.2. The monoisotopic (exact) mass is 214 g/mol. The van der Waals surface area contributed by atoms with Gasteiger partial charge in [-0.15, -0.1) is 0 Å². The second kappa shape index (κ2) is 6.06. The highest BCUT2D eigenvalue weighted by atomic mass is 32.2. The van der Waals surface area contributed by atoms with Crippen molar-refractivity contribution >= 4 is 22.8 Å². The fraction of sp³-hybridized carbons (Fsp3) is 0.800.